The lowest BCUT2D eigenvalue weighted by Gasteiger charge is -2.39. The Kier molecular flexibility index (Phi) is 7.65. The van der Waals surface area contributed by atoms with Crippen molar-refractivity contribution in [2.24, 2.45) is 5.73 Å². The summed E-state index contributed by atoms with van der Waals surface area (Å²) in [5.41, 5.74) is 5.90. The van der Waals surface area contributed by atoms with Gasteiger partial charge in [-0.25, -0.2) is 0 Å². The number of amides is 1. The van der Waals surface area contributed by atoms with Crippen molar-refractivity contribution < 1.29 is 4.79 Å². The Morgan fingerprint density at radius 1 is 1.35 bits per heavy atom. The molecule has 4 nitrogen and oxygen atoms in total. The Labute approximate surface area is 127 Å². The van der Waals surface area contributed by atoms with Crippen molar-refractivity contribution in [2.75, 3.05) is 32.6 Å². The minimum atomic E-state index is -0.333. The number of benzene rings is 1. The molecule has 0 saturated carbocycles. The fraction of sp³-hybridized carbons (Fsp3) is 0.533. The molecule has 1 aromatic rings. The van der Waals surface area contributed by atoms with Crippen molar-refractivity contribution in [1.82, 2.24) is 9.80 Å². The molecule has 0 radical (unpaired) electrons. The van der Waals surface area contributed by atoms with Crippen molar-refractivity contribution in [3.05, 3.63) is 35.9 Å². The Hall–Kier alpha value is -1.04. The van der Waals surface area contributed by atoms with Gasteiger partial charge in [-0.05, 0) is 19.0 Å². The molecule has 1 aliphatic heterocycles. The molecule has 112 valence electrons. The first-order valence-corrected chi connectivity index (χ1v) is 7.49. The lowest BCUT2D eigenvalue weighted by Crippen LogP contribution is -2.52. The molecule has 1 heterocycles. The van der Waals surface area contributed by atoms with Crippen LogP contribution in [0, 0.1) is 0 Å². The van der Waals surface area contributed by atoms with Gasteiger partial charge in [-0.1, -0.05) is 30.3 Å². The van der Waals surface area contributed by atoms with Crippen molar-refractivity contribution in [3.8, 4) is 0 Å². The number of carbonyl (C=O) groups is 1. The number of piperazine rings is 1. The third-order valence-corrected chi connectivity index (χ3v) is 3.67. The lowest BCUT2D eigenvalue weighted by molar-refractivity contribution is -0.115. The topological polar surface area (TPSA) is 49.6 Å². The minimum absolute atomic E-state index is 0.333. The molecular formula is C15H25N3OS. The summed E-state index contributed by atoms with van der Waals surface area (Å²) in [6, 6.07) is 11.3. The molecule has 0 spiro atoms. The van der Waals surface area contributed by atoms with Gasteiger partial charge in [-0.2, -0.15) is 12.6 Å². The predicted molar refractivity (Wildman–Crippen MR) is 86.9 cm³/mol. The van der Waals surface area contributed by atoms with E-state index in [1.54, 1.807) is 0 Å². The minimum Gasteiger partial charge on any atom is -0.370 e. The van der Waals surface area contributed by atoms with E-state index in [1.807, 2.05) is 0 Å². The highest BCUT2D eigenvalue weighted by atomic mass is 32.1. The highest BCUT2D eigenvalue weighted by molar-refractivity contribution is 7.80. The van der Waals surface area contributed by atoms with Gasteiger partial charge in [-0.15, -0.1) is 0 Å². The van der Waals surface area contributed by atoms with Gasteiger partial charge in [0.15, 0.2) is 0 Å². The van der Waals surface area contributed by atoms with Gasteiger partial charge in [0.05, 0.1) is 0 Å². The van der Waals surface area contributed by atoms with Crippen LogP contribution in [0.15, 0.2) is 30.3 Å². The van der Waals surface area contributed by atoms with Crippen LogP contribution in [0.2, 0.25) is 0 Å². The third kappa shape index (κ3) is 6.41. The Balaban J connectivity index is 0.000000444. The third-order valence-electron chi connectivity index (χ3n) is 3.30. The summed E-state index contributed by atoms with van der Waals surface area (Å²) in [6.07, 6.45) is 1.13. The molecule has 5 heteroatoms. The second kappa shape index (κ2) is 9.00. The molecule has 1 unspecified atom stereocenters. The highest BCUT2D eigenvalue weighted by Gasteiger charge is 2.23. The van der Waals surface area contributed by atoms with E-state index < -0.39 is 0 Å². The SMILES string of the molecule is CC(N)=O.CN1CCN(CS)C(Cc2ccccc2)C1. The van der Waals surface area contributed by atoms with Crippen LogP contribution < -0.4 is 5.73 Å². The number of carbonyl (C=O) groups excluding carboxylic acids is 1. The van der Waals surface area contributed by atoms with Crippen LogP contribution in [0.25, 0.3) is 0 Å². The molecule has 0 aromatic heterocycles. The second-order valence-corrected chi connectivity index (χ2v) is 5.45. The average molecular weight is 295 g/mol. The van der Waals surface area contributed by atoms with Gasteiger partial charge in [0, 0.05) is 38.5 Å². The molecule has 20 heavy (non-hydrogen) atoms. The van der Waals surface area contributed by atoms with E-state index in [9.17, 15) is 4.79 Å². The van der Waals surface area contributed by atoms with Crippen molar-refractivity contribution in [2.45, 2.75) is 19.4 Å². The monoisotopic (exact) mass is 295 g/mol. The zero-order valence-electron chi connectivity index (χ0n) is 12.3. The molecule has 1 amide bonds. The number of primary amides is 1. The Bertz CT molecular complexity index is 395. The molecular weight excluding hydrogens is 270 g/mol. The first-order chi connectivity index (χ1) is 9.52. The second-order valence-electron chi connectivity index (χ2n) is 5.17. The van der Waals surface area contributed by atoms with Crippen LogP contribution in [0.4, 0.5) is 0 Å². The van der Waals surface area contributed by atoms with Gasteiger partial charge in [0.25, 0.3) is 0 Å². The standard InChI is InChI=1S/C13H20N2S.C2H5NO/c1-14-7-8-15(11-16)13(10-14)9-12-5-3-2-4-6-12;1-2(3)4/h2-6,13,16H,7-11H2,1H3;1H3,(H2,3,4). The van der Waals surface area contributed by atoms with E-state index in [2.05, 4.69) is 65.5 Å². The summed E-state index contributed by atoms with van der Waals surface area (Å²) in [4.78, 5) is 14.1. The van der Waals surface area contributed by atoms with Crippen molar-refractivity contribution >= 4 is 18.5 Å². The number of thiol groups is 1. The maximum Gasteiger partial charge on any atom is 0.214 e. The molecule has 2 rings (SSSR count). The van der Waals surface area contributed by atoms with Crippen LogP contribution in [-0.2, 0) is 11.2 Å². The number of likely N-dealkylation sites (N-methyl/N-ethyl adjacent to an activating group) is 1. The predicted octanol–water partition coefficient (Wildman–Crippen LogP) is 1.22. The smallest absolute Gasteiger partial charge is 0.214 e. The fourth-order valence-electron chi connectivity index (χ4n) is 2.31. The molecule has 0 aliphatic carbocycles. The molecule has 2 N–H and O–H groups in total. The highest BCUT2D eigenvalue weighted by Crippen LogP contribution is 2.14. The summed E-state index contributed by atoms with van der Waals surface area (Å²) < 4.78 is 0. The van der Waals surface area contributed by atoms with Crippen LogP contribution in [0.3, 0.4) is 0 Å². The van der Waals surface area contributed by atoms with Crippen LogP contribution in [0.5, 0.6) is 0 Å². The van der Waals surface area contributed by atoms with Gasteiger partial charge < -0.3 is 10.6 Å². The Morgan fingerprint density at radius 2 is 1.95 bits per heavy atom. The Morgan fingerprint density at radius 3 is 2.50 bits per heavy atom. The summed E-state index contributed by atoms with van der Waals surface area (Å²) in [6.45, 7) is 4.75. The molecule has 1 atom stereocenters. The number of hydrogen-bond acceptors (Lipinski definition) is 4. The molecule has 1 aliphatic rings. The van der Waals surface area contributed by atoms with E-state index in [4.69, 9.17) is 0 Å². The van der Waals surface area contributed by atoms with Gasteiger partial charge in [0.1, 0.15) is 0 Å². The number of nitrogens with two attached hydrogens (primary N) is 1. The van der Waals surface area contributed by atoms with Crippen molar-refractivity contribution in [1.29, 1.82) is 0 Å². The van der Waals surface area contributed by atoms with E-state index in [0.29, 0.717) is 6.04 Å². The first kappa shape index (κ1) is 17.0. The molecule has 1 fully saturated rings. The zero-order chi connectivity index (χ0) is 15.0. The van der Waals surface area contributed by atoms with Gasteiger partial charge in [0.2, 0.25) is 5.91 Å². The quantitative estimate of drug-likeness (QED) is 0.825. The molecule has 0 bridgehead atoms. The van der Waals surface area contributed by atoms with E-state index in [-0.39, 0.29) is 5.91 Å². The number of rotatable bonds is 3. The number of nitrogens with zero attached hydrogens (tertiary/aromatic N) is 2. The lowest BCUT2D eigenvalue weighted by atomic mass is 10.0. The normalized spacial score (nSPS) is 20.1. The van der Waals surface area contributed by atoms with E-state index >= 15 is 0 Å². The summed E-state index contributed by atoms with van der Waals surface area (Å²) in [5, 5.41) is 0. The summed E-state index contributed by atoms with van der Waals surface area (Å²) in [7, 11) is 2.20. The van der Waals surface area contributed by atoms with Gasteiger partial charge in [-0.3, -0.25) is 9.69 Å². The average Bonchev–Trinajstić information content (AvgIpc) is 2.39. The van der Waals surface area contributed by atoms with Crippen molar-refractivity contribution in [3.63, 3.8) is 0 Å². The number of hydrogen-bond donors (Lipinski definition) is 2. The maximum atomic E-state index is 9.22. The fourth-order valence-corrected chi connectivity index (χ4v) is 2.69. The largest absolute Gasteiger partial charge is 0.370 e. The van der Waals surface area contributed by atoms with Crippen LogP contribution in [-0.4, -0.2) is 54.3 Å². The summed E-state index contributed by atoms with van der Waals surface area (Å²) >= 11 is 4.43. The maximum absolute atomic E-state index is 9.22. The van der Waals surface area contributed by atoms with Gasteiger partial charge >= 0.3 is 0 Å². The van der Waals surface area contributed by atoms with Crippen LogP contribution in [0.1, 0.15) is 12.5 Å². The zero-order valence-corrected chi connectivity index (χ0v) is 13.2. The first-order valence-electron chi connectivity index (χ1n) is 6.86. The van der Waals surface area contributed by atoms with E-state index in [1.165, 1.54) is 12.5 Å². The van der Waals surface area contributed by atoms with E-state index in [0.717, 1.165) is 31.9 Å². The molecule has 1 aromatic carbocycles. The summed E-state index contributed by atoms with van der Waals surface area (Å²) in [5.74, 6) is 0.533. The van der Waals surface area contributed by atoms with Crippen LogP contribution >= 0.6 is 12.6 Å². The molecule has 1 saturated heterocycles.